The topological polar surface area (TPSA) is 72.5 Å². The number of carbonyl (C=O) groups is 3. The van der Waals surface area contributed by atoms with E-state index in [1.54, 1.807) is 78.9 Å². The molecule has 0 radical (unpaired) electrons. The summed E-state index contributed by atoms with van der Waals surface area (Å²) in [6.07, 6.45) is -0.958. The second kappa shape index (κ2) is 9.30. The van der Waals surface area contributed by atoms with Gasteiger partial charge < -0.3 is 10.1 Å². The van der Waals surface area contributed by atoms with Crippen LogP contribution < -0.4 is 5.32 Å². The molecular formula is C23H18BrNO4. The van der Waals surface area contributed by atoms with Crippen molar-refractivity contribution in [1.82, 2.24) is 0 Å². The van der Waals surface area contributed by atoms with Crippen LogP contribution in [-0.4, -0.2) is 23.8 Å². The number of hydrogen-bond acceptors (Lipinski definition) is 4. The molecule has 3 aromatic carbocycles. The van der Waals surface area contributed by atoms with Crippen molar-refractivity contribution in [3.05, 3.63) is 100 Å². The van der Waals surface area contributed by atoms with Gasteiger partial charge in [0, 0.05) is 15.6 Å². The van der Waals surface area contributed by atoms with Crippen molar-refractivity contribution >= 4 is 39.3 Å². The fourth-order valence-corrected chi connectivity index (χ4v) is 2.94. The highest BCUT2D eigenvalue weighted by Crippen LogP contribution is 2.19. The van der Waals surface area contributed by atoms with Crippen LogP contribution in [0.3, 0.4) is 0 Å². The van der Waals surface area contributed by atoms with Crippen molar-refractivity contribution in [3.63, 3.8) is 0 Å². The van der Waals surface area contributed by atoms with Crippen molar-refractivity contribution in [3.8, 4) is 0 Å². The molecule has 1 amide bonds. The van der Waals surface area contributed by atoms with Gasteiger partial charge >= 0.3 is 5.97 Å². The van der Waals surface area contributed by atoms with Crippen LogP contribution in [0.2, 0.25) is 0 Å². The first kappa shape index (κ1) is 20.5. The van der Waals surface area contributed by atoms with Crippen LogP contribution >= 0.6 is 15.9 Å². The summed E-state index contributed by atoms with van der Waals surface area (Å²) in [5, 5.41) is 2.72. The molecule has 1 N–H and O–H groups in total. The van der Waals surface area contributed by atoms with Gasteiger partial charge in [0.1, 0.15) is 0 Å². The van der Waals surface area contributed by atoms with E-state index in [0.29, 0.717) is 16.8 Å². The van der Waals surface area contributed by atoms with Crippen molar-refractivity contribution in [1.29, 1.82) is 0 Å². The van der Waals surface area contributed by atoms with Crippen LogP contribution in [0.5, 0.6) is 0 Å². The second-order valence-corrected chi connectivity index (χ2v) is 7.20. The van der Waals surface area contributed by atoms with Crippen molar-refractivity contribution < 1.29 is 19.1 Å². The maximum absolute atomic E-state index is 12.6. The third kappa shape index (κ3) is 5.18. The van der Waals surface area contributed by atoms with Crippen LogP contribution in [0.15, 0.2) is 83.3 Å². The van der Waals surface area contributed by atoms with E-state index in [9.17, 15) is 14.4 Å². The molecule has 0 aliphatic rings. The first-order valence-electron chi connectivity index (χ1n) is 8.92. The molecule has 0 heterocycles. The van der Waals surface area contributed by atoms with E-state index in [4.69, 9.17) is 4.74 Å². The number of amides is 1. The number of halogens is 1. The van der Waals surface area contributed by atoms with Gasteiger partial charge in [0.05, 0.1) is 11.3 Å². The van der Waals surface area contributed by atoms with E-state index < -0.39 is 12.1 Å². The largest absolute Gasteiger partial charge is 0.451 e. The molecule has 146 valence electrons. The van der Waals surface area contributed by atoms with E-state index in [0.717, 1.165) is 4.47 Å². The normalized spacial score (nSPS) is 11.4. The van der Waals surface area contributed by atoms with Crippen LogP contribution in [0.25, 0.3) is 0 Å². The van der Waals surface area contributed by atoms with Gasteiger partial charge in [-0.15, -0.1) is 0 Å². The highest BCUT2D eigenvalue weighted by molar-refractivity contribution is 9.10. The number of nitrogens with one attached hydrogen (secondary N) is 1. The van der Waals surface area contributed by atoms with Crippen LogP contribution in [0, 0.1) is 0 Å². The minimum absolute atomic E-state index is 0.172. The quantitative estimate of drug-likeness (QED) is 0.416. The van der Waals surface area contributed by atoms with Crippen LogP contribution in [-0.2, 0) is 4.74 Å². The Hall–Kier alpha value is -3.25. The summed E-state index contributed by atoms with van der Waals surface area (Å²) in [6, 6.07) is 22.0. The number of benzene rings is 3. The summed E-state index contributed by atoms with van der Waals surface area (Å²) in [5.74, 6) is -1.34. The zero-order valence-electron chi connectivity index (χ0n) is 15.6. The smallest absolute Gasteiger partial charge is 0.340 e. The van der Waals surface area contributed by atoms with E-state index in [1.807, 2.05) is 0 Å². The number of Topliss-reactive ketones (excluding diaryl/α,β-unsaturated/α-hetero) is 1. The number of carbonyl (C=O) groups excluding carboxylic acids is 3. The van der Waals surface area contributed by atoms with Crippen molar-refractivity contribution in [2.45, 2.75) is 13.0 Å². The van der Waals surface area contributed by atoms with Crippen LogP contribution in [0.1, 0.15) is 38.0 Å². The molecular weight excluding hydrogens is 434 g/mol. The van der Waals surface area contributed by atoms with Crippen molar-refractivity contribution in [2.24, 2.45) is 0 Å². The Morgan fingerprint density at radius 3 is 2.14 bits per heavy atom. The summed E-state index contributed by atoms with van der Waals surface area (Å²) in [5.41, 5.74) is 1.39. The molecule has 0 saturated heterocycles. The van der Waals surface area contributed by atoms with Gasteiger partial charge in [-0.2, -0.15) is 0 Å². The monoisotopic (exact) mass is 451 g/mol. The fraction of sp³-hybridized carbons (Fsp3) is 0.0870. The molecule has 5 nitrogen and oxygen atoms in total. The SMILES string of the molecule is C[C@@H](OC(=O)c1ccccc1NC(=O)c1ccc(Br)cc1)C(=O)c1ccccc1. The average Bonchev–Trinajstić information content (AvgIpc) is 2.74. The molecule has 6 heteroatoms. The Labute approximate surface area is 176 Å². The fourth-order valence-electron chi connectivity index (χ4n) is 2.68. The zero-order chi connectivity index (χ0) is 20.8. The van der Waals surface area contributed by atoms with Crippen molar-refractivity contribution in [2.75, 3.05) is 5.32 Å². The highest BCUT2D eigenvalue weighted by Gasteiger charge is 2.22. The predicted molar refractivity (Wildman–Crippen MR) is 114 cm³/mol. The molecule has 0 bridgehead atoms. The highest BCUT2D eigenvalue weighted by atomic mass is 79.9. The molecule has 3 aromatic rings. The minimum atomic E-state index is -0.958. The summed E-state index contributed by atoms with van der Waals surface area (Å²) < 4.78 is 6.21. The Morgan fingerprint density at radius 1 is 0.828 bits per heavy atom. The summed E-state index contributed by atoms with van der Waals surface area (Å²) in [6.45, 7) is 1.52. The lowest BCUT2D eigenvalue weighted by Gasteiger charge is -2.15. The van der Waals surface area contributed by atoms with E-state index in [1.165, 1.54) is 6.92 Å². The molecule has 29 heavy (non-hydrogen) atoms. The van der Waals surface area contributed by atoms with Crippen LogP contribution in [0.4, 0.5) is 5.69 Å². The Balaban J connectivity index is 1.74. The van der Waals surface area contributed by atoms with Gasteiger partial charge in [-0.05, 0) is 43.3 Å². The molecule has 0 saturated carbocycles. The van der Waals surface area contributed by atoms with Gasteiger partial charge in [-0.1, -0.05) is 58.4 Å². The molecule has 0 aliphatic heterocycles. The van der Waals surface area contributed by atoms with Gasteiger partial charge in [0.15, 0.2) is 6.10 Å². The van der Waals surface area contributed by atoms with E-state index in [-0.39, 0.29) is 17.3 Å². The first-order chi connectivity index (χ1) is 14.0. The number of esters is 1. The molecule has 0 aliphatic carbocycles. The Kier molecular flexibility index (Phi) is 6.57. The number of anilines is 1. The molecule has 0 fully saturated rings. The molecule has 3 rings (SSSR count). The molecule has 0 aromatic heterocycles. The number of ketones is 1. The standard InChI is InChI=1S/C23H18BrNO4/c1-15(21(26)16-7-3-2-4-8-16)29-23(28)19-9-5-6-10-20(19)25-22(27)17-11-13-18(24)14-12-17/h2-15H,1H3,(H,25,27)/t15-/m1/s1. The molecule has 0 unspecified atom stereocenters. The summed E-state index contributed by atoms with van der Waals surface area (Å²) in [7, 11) is 0. The lowest BCUT2D eigenvalue weighted by Crippen LogP contribution is -2.25. The number of hydrogen-bond donors (Lipinski definition) is 1. The van der Waals surface area contributed by atoms with Gasteiger partial charge in [0.25, 0.3) is 5.91 Å². The number of rotatable bonds is 6. The number of ether oxygens (including phenoxy) is 1. The van der Waals surface area contributed by atoms with Gasteiger partial charge in [-0.25, -0.2) is 4.79 Å². The van der Waals surface area contributed by atoms with Gasteiger partial charge in [0.2, 0.25) is 5.78 Å². The lowest BCUT2D eigenvalue weighted by atomic mass is 10.1. The average molecular weight is 452 g/mol. The summed E-state index contributed by atoms with van der Waals surface area (Å²) in [4.78, 5) is 37.6. The van der Waals surface area contributed by atoms with E-state index >= 15 is 0 Å². The van der Waals surface area contributed by atoms with Gasteiger partial charge in [-0.3, -0.25) is 9.59 Å². The lowest BCUT2D eigenvalue weighted by molar-refractivity contribution is 0.0320. The third-order valence-corrected chi connectivity index (χ3v) is 4.74. The zero-order valence-corrected chi connectivity index (χ0v) is 17.2. The maximum atomic E-state index is 12.6. The number of para-hydroxylation sites is 1. The summed E-state index contributed by atoms with van der Waals surface area (Å²) >= 11 is 3.32. The Morgan fingerprint density at radius 2 is 1.45 bits per heavy atom. The second-order valence-electron chi connectivity index (χ2n) is 6.28. The Bertz CT molecular complexity index is 1030. The maximum Gasteiger partial charge on any atom is 0.340 e. The first-order valence-corrected chi connectivity index (χ1v) is 9.71. The third-order valence-electron chi connectivity index (χ3n) is 4.21. The minimum Gasteiger partial charge on any atom is -0.451 e. The molecule has 0 spiro atoms. The predicted octanol–water partition coefficient (Wildman–Crippen LogP) is 5.13. The molecule has 1 atom stereocenters. The van der Waals surface area contributed by atoms with E-state index in [2.05, 4.69) is 21.2 Å².